The van der Waals surface area contributed by atoms with Crippen molar-refractivity contribution >= 4 is 17.4 Å². The Labute approximate surface area is 170 Å². The normalized spacial score (nSPS) is 14.4. The Morgan fingerprint density at radius 3 is 2.52 bits per heavy atom. The van der Waals surface area contributed by atoms with Gasteiger partial charge in [0, 0.05) is 19.5 Å². The number of carbonyl (C=O) groups excluding carboxylic acids is 2. The molecule has 0 aromatic heterocycles. The first-order valence-electron chi connectivity index (χ1n) is 10.2. The molecular formula is C21H29FN2O5. The molecule has 1 saturated carbocycles. The topological polar surface area (TPSA) is 89.8 Å². The van der Waals surface area contributed by atoms with Crippen LogP contribution in [0, 0.1) is 15.9 Å². The van der Waals surface area contributed by atoms with E-state index in [-0.39, 0.29) is 18.1 Å². The molecule has 1 aromatic carbocycles. The van der Waals surface area contributed by atoms with Gasteiger partial charge in [0.25, 0.3) is 0 Å². The lowest BCUT2D eigenvalue weighted by molar-refractivity contribution is -0.386. The summed E-state index contributed by atoms with van der Waals surface area (Å²) in [7, 11) is 1.87. The van der Waals surface area contributed by atoms with Crippen LogP contribution in [-0.4, -0.2) is 41.2 Å². The maximum atomic E-state index is 14.0. The van der Waals surface area contributed by atoms with Crippen molar-refractivity contribution in [1.29, 1.82) is 0 Å². The molecule has 1 fully saturated rings. The van der Waals surface area contributed by atoms with Crippen molar-refractivity contribution in [1.82, 2.24) is 4.90 Å². The van der Waals surface area contributed by atoms with E-state index in [4.69, 9.17) is 4.74 Å². The lowest BCUT2D eigenvalue weighted by Crippen LogP contribution is -2.38. The van der Waals surface area contributed by atoms with Gasteiger partial charge in [-0.25, -0.2) is 4.39 Å². The highest BCUT2D eigenvalue weighted by atomic mass is 19.1. The van der Waals surface area contributed by atoms with Gasteiger partial charge in [-0.05, 0) is 51.2 Å². The molecule has 0 unspecified atom stereocenters. The molecule has 2 rings (SSSR count). The first-order valence-corrected chi connectivity index (χ1v) is 10.2. The van der Waals surface area contributed by atoms with Crippen LogP contribution in [-0.2, 0) is 4.79 Å². The third-order valence-electron chi connectivity index (χ3n) is 5.44. The quantitative estimate of drug-likeness (QED) is 0.243. The summed E-state index contributed by atoms with van der Waals surface area (Å²) in [5.41, 5.74) is -0.815. The Kier molecular flexibility index (Phi) is 8.54. The molecule has 0 heterocycles. The molecule has 1 aromatic rings. The van der Waals surface area contributed by atoms with Crippen molar-refractivity contribution < 1.29 is 23.6 Å². The Hall–Kier alpha value is -2.51. The summed E-state index contributed by atoms with van der Waals surface area (Å²) in [6.07, 6.45) is 8.07. The fourth-order valence-corrected chi connectivity index (χ4v) is 3.73. The minimum absolute atomic E-state index is 0.0752. The third kappa shape index (κ3) is 6.24. The number of nitro groups is 1. The fourth-order valence-electron chi connectivity index (χ4n) is 3.73. The summed E-state index contributed by atoms with van der Waals surface area (Å²) in [5.74, 6) is -1.77. The minimum atomic E-state index is -0.869. The van der Waals surface area contributed by atoms with Crippen LogP contribution in [0.25, 0.3) is 0 Å². The number of halogens is 1. The molecule has 0 atom stereocenters. The van der Waals surface area contributed by atoms with E-state index >= 15 is 0 Å². The zero-order valence-electron chi connectivity index (χ0n) is 17.1. The average Bonchev–Trinajstić information content (AvgIpc) is 2.70. The van der Waals surface area contributed by atoms with Crippen molar-refractivity contribution in [2.45, 2.75) is 70.8 Å². The number of hydrogen-bond acceptors (Lipinski definition) is 5. The fraction of sp³-hybridized carbons (Fsp3) is 0.619. The van der Waals surface area contributed by atoms with E-state index in [9.17, 15) is 24.1 Å². The predicted molar refractivity (Wildman–Crippen MR) is 107 cm³/mol. The van der Waals surface area contributed by atoms with Crippen molar-refractivity contribution in [2.24, 2.45) is 0 Å². The minimum Gasteiger partial charge on any atom is -0.485 e. The second kappa shape index (κ2) is 10.9. The maximum Gasteiger partial charge on any atom is 0.324 e. The van der Waals surface area contributed by atoms with Gasteiger partial charge in [-0.15, -0.1) is 0 Å². The summed E-state index contributed by atoms with van der Waals surface area (Å²) >= 11 is 0. The number of amides is 1. The second-order valence-electron chi connectivity index (χ2n) is 7.54. The third-order valence-corrected chi connectivity index (χ3v) is 5.44. The number of nitrogens with zero attached hydrogens (tertiary/aromatic N) is 2. The number of benzene rings is 1. The highest BCUT2D eigenvalue weighted by Crippen LogP contribution is 2.34. The summed E-state index contributed by atoms with van der Waals surface area (Å²) in [4.78, 5) is 36.2. The summed E-state index contributed by atoms with van der Waals surface area (Å²) in [6, 6.07) is 2.44. The van der Waals surface area contributed by atoms with Gasteiger partial charge in [0.15, 0.2) is 11.6 Å². The van der Waals surface area contributed by atoms with Crippen LogP contribution >= 0.6 is 0 Å². The number of Topliss-reactive ketones (excluding diaryl/α,β-unsaturated/α-hetero) is 1. The molecule has 1 amide bonds. The molecule has 29 heavy (non-hydrogen) atoms. The van der Waals surface area contributed by atoms with Crippen LogP contribution in [0.2, 0.25) is 0 Å². The summed E-state index contributed by atoms with van der Waals surface area (Å²) in [5, 5.41) is 11.3. The lowest BCUT2D eigenvalue weighted by atomic mass is 9.94. The Bertz CT molecular complexity index is 747. The van der Waals surface area contributed by atoms with Gasteiger partial charge in [-0.2, -0.15) is 0 Å². The number of carbonyl (C=O) groups is 2. The molecular weight excluding hydrogens is 379 g/mol. The van der Waals surface area contributed by atoms with E-state index in [2.05, 4.69) is 0 Å². The predicted octanol–water partition coefficient (Wildman–Crippen LogP) is 4.67. The van der Waals surface area contributed by atoms with Gasteiger partial charge >= 0.3 is 5.69 Å². The number of rotatable bonds is 10. The second-order valence-corrected chi connectivity index (χ2v) is 7.54. The van der Waals surface area contributed by atoms with E-state index in [0.29, 0.717) is 31.7 Å². The maximum absolute atomic E-state index is 14.0. The largest absolute Gasteiger partial charge is 0.485 e. The number of ether oxygens (including phenoxy) is 1. The molecule has 0 N–H and O–H groups in total. The molecule has 0 saturated heterocycles. The van der Waals surface area contributed by atoms with Crippen molar-refractivity contribution in [2.75, 3.05) is 13.7 Å². The first kappa shape index (κ1) is 22.8. The number of ketones is 1. The number of nitro benzene ring substituents is 1. The van der Waals surface area contributed by atoms with Gasteiger partial charge in [0.2, 0.25) is 11.7 Å². The zero-order chi connectivity index (χ0) is 21.4. The van der Waals surface area contributed by atoms with E-state index in [0.717, 1.165) is 25.0 Å². The molecule has 0 aliphatic heterocycles. The molecule has 1 aliphatic carbocycles. The van der Waals surface area contributed by atoms with E-state index < -0.39 is 28.0 Å². The van der Waals surface area contributed by atoms with Crippen LogP contribution in [0.3, 0.4) is 0 Å². The highest BCUT2D eigenvalue weighted by Gasteiger charge is 2.27. The van der Waals surface area contributed by atoms with Crippen molar-refractivity contribution in [3.05, 3.63) is 33.6 Å². The number of unbranched alkanes of at least 4 members (excludes halogenated alkanes) is 2. The van der Waals surface area contributed by atoms with Gasteiger partial charge in [0.05, 0.1) is 17.1 Å². The van der Waals surface area contributed by atoms with Crippen molar-refractivity contribution in [3.8, 4) is 5.75 Å². The highest BCUT2D eigenvalue weighted by molar-refractivity contribution is 5.99. The van der Waals surface area contributed by atoms with Gasteiger partial charge in [-0.1, -0.05) is 19.3 Å². The van der Waals surface area contributed by atoms with Crippen LogP contribution in [0.5, 0.6) is 5.75 Å². The van der Waals surface area contributed by atoms with E-state index in [1.807, 2.05) is 11.9 Å². The van der Waals surface area contributed by atoms with Gasteiger partial charge in [0.1, 0.15) is 0 Å². The molecule has 1 aliphatic rings. The molecule has 160 valence electrons. The molecule has 0 spiro atoms. The lowest BCUT2D eigenvalue weighted by Gasteiger charge is -2.31. The summed E-state index contributed by atoms with van der Waals surface area (Å²) in [6.45, 7) is 1.26. The molecule has 8 heteroatoms. The van der Waals surface area contributed by atoms with Crippen LogP contribution in [0.4, 0.5) is 10.1 Å². The number of hydrogen-bond donors (Lipinski definition) is 0. The monoisotopic (exact) mass is 408 g/mol. The van der Waals surface area contributed by atoms with Crippen LogP contribution in [0.1, 0.15) is 75.1 Å². The van der Waals surface area contributed by atoms with Crippen LogP contribution < -0.4 is 4.74 Å². The van der Waals surface area contributed by atoms with Gasteiger partial charge in [-0.3, -0.25) is 19.7 Å². The van der Waals surface area contributed by atoms with Gasteiger partial charge < -0.3 is 9.64 Å². The molecule has 0 bridgehead atoms. The molecule has 0 radical (unpaired) electrons. The van der Waals surface area contributed by atoms with Crippen LogP contribution in [0.15, 0.2) is 12.1 Å². The smallest absolute Gasteiger partial charge is 0.324 e. The standard InChI is InChI=1S/C21H29FN2O5/c1-15(25)17-12-13-18(22)21(20(17)24(27)28)29-14-8-4-7-11-19(26)23(2)16-9-5-3-6-10-16/h12-13,16H,3-11,14H2,1-2H3. The Balaban J connectivity index is 1.79. The van der Waals surface area contributed by atoms with E-state index in [1.165, 1.54) is 26.2 Å². The first-order chi connectivity index (χ1) is 13.8. The van der Waals surface area contributed by atoms with E-state index in [1.54, 1.807) is 0 Å². The summed E-state index contributed by atoms with van der Waals surface area (Å²) < 4.78 is 19.3. The SMILES string of the molecule is CC(=O)c1ccc(F)c(OCCCCCC(=O)N(C)C2CCCCC2)c1[N+](=O)[O-]. The Morgan fingerprint density at radius 2 is 1.90 bits per heavy atom. The zero-order valence-corrected chi connectivity index (χ0v) is 17.1. The average molecular weight is 408 g/mol. The van der Waals surface area contributed by atoms with Crippen molar-refractivity contribution in [3.63, 3.8) is 0 Å². The Morgan fingerprint density at radius 1 is 1.21 bits per heavy atom. The molecule has 7 nitrogen and oxygen atoms in total.